The van der Waals surface area contributed by atoms with Crippen molar-refractivity contribution in [1.82, 2.24) is 14.5 Å². The molecule has 0 bridgehead atoms. The highest BCUT2D eigenvalue weighted by atomic mass is 32.1. The first-order valence-corrected chi connectivity index (χ1v) is 15.8. The summed E-state index contributed by atoms with van der Waals surface area (Å²) in [6.07, 6.45) is 0. The fourth-order valence-corrected chi connectivity index (χ4v) is 7.95. The van der Waals surface area contributed by atoms with Gasteiger partial charge in [0.2, 0.25) is 0 Å². The Labute approximate surface area is 261 Å². The van der Waals surface area contributed by atoms with Crippen molar-refractivity contribution in [2.75, 3.05) is 0 Å². The van der Waals surface area contributed by atoms with Gasteiger partial charge in [-0.2, -0.15) is 0 Å². The van der Waals surface area contributed by atoms with E-state index in [4.69, 9.17) is 14.4 Å². The maximum Gasteiger partial charge on any atom is 0.160 e. The van der Waals surface area contributed by atoms with E-state index >= 15 is 0 Å². The Morgan fingerprint density at radius 2 is 1.29 bits per heavy atom. The zero-order valence-corrected chi connectivity index (χ0v) is 24.8. The summed E-state index contributed by atoms with van der Waals surface area (Å²) in [7, 11) is 0. The van der Waals surface area contributed by atoms with Crippen LogP contribution >= 0.6 is 11.3 Å². The maximum atomic E-state index is 6.57. The van der Waals surface area contributed by atoms with Gasteiger partial charge < -0.3 is 8.98 Å². The van der Waals surface area contributed by atoms with Gasteiger partial charge >= 0.3 is 0 Å². The lowest BCUT2D eigenvalue weighted by molar-refractivity contribution is 0.671. The average Bonchev–Trinajstić information content (AvgIpc) is 3.78. The van der Waals surface area contributed by atoms with Gasteiger partial charge in [0.15, 0.2) is 11.4 Å². The molecule has 0 N–H and O–H groups in total. The van der Waals surface area contributed by atoms with Crippen LogP contribution in [0.4, 0.5) is 0 Å². The average molecular weight is 594 g/mol. The van der Waals surface area contributed by atoms with Gasteiger partial charge in [-0.3, -0.25) is 0 Å². The molecule has 0 aliphatic rings. The highest BCUT2D eigenvalue weighted by molar-refractivity contribution is 7.26. The second kappa shape index (κ2) is 9.36. The van der Waals surface area contributed by atoms with Crippen LogP contribution in [0.15, 0.2) is 144 Å². The van der Waals surface area contributed by atoms with Crippen molar-refractivity contribution in [3.8, 4) is 28.3 Å². The van der Waals surface area contributed by atoms with Crippen LogP contribution < -0.4 is 0 Å². The topological polar surface area (TPSA) is 43.9 Å². The molecule has 0 aliphatic heterocycles. The Kier molecular flexibility index (Phi) is 5.12. The molecule has 0 saturated heterocycles. The van der Waals surface area contributed by atoms with Gasteiger partial charge in [-0.15, -0.1) is 11.3 Å². The molecule has 0 spiro atoms. The van der Waals surface area contributed by atoms with Gasteiger partial charge in [-0.05, 0) is 36.4 Å². The minimum atomic E-state index is 0.710. The predicted octanol–water partition coefficient (Wildman–Crippen LogP) is 11.2. The van der Waals surface area contributed by atoms with Crippen LogP contribution in [0.5, 0.6) is 0 Å². The Bertz CT molecular complexity index is 2770. The van der Waals surface area contributed by atoms with Crippen LogP contribution in [0.25, 0.3) is 92.4 Å². The first-order chi connectivity index (χ1) is 22.3. The molecule has 5 heteroatoms. The smallest absolute Gasteiger partial charge is 0.160 e. The summed E-state index contributed by atoms with van der Waals surface area (Å²) in [5, 5.41) is 5.75. The van der Waals surface area contributed by atoms with Crippen LogP contribution in [0.2, 0.25) is 0 Å². The lowest BCUT2D eigenvalue weighted by Gasteiger charge is -2.11. The van der Waals surface area contributed by atoms with E-state index < -0.39 is 0 Å². The van der Waals surface area contributed by atoms with Crippen LogP contribution in [-0.2, 0) is 0 Å². The number of rotatable bonds is 3. The summed E-state index contributed by atoms with van der Waals surface area (Å²) in [5.41, 5.74) is 9.01. The Morgan fingerprint density at radius 3 is 2.20 bits per heavy atom. The Morgan fingerprint density at radius 1 is 0.556 bits per heavy atom. The number of hydrogen-bond donors (Lipinski definition) is 0. The summed E-state index contributed by atoms with van der Waals surface area (Å²) in [6, 6.07) is 48.8. The molecular formula is C40H23N3OS. The SMILES string of the molecule is c1ccc(-c2nc(-c3cccc(-n4c5ccccc5c5ccc6c7ccccc7oc6c54)c3)nc3c2sc2ccccc23)cc1. The normalized spacial score (nSPS) is 12.0. The van der Waals surface area contributed by atoms with Crippen molar-refractivity contribution in [1.29, 1.82) is 0 Å². The molecule has 0 unspecified atom stereocenters. The standard InChI is InChI=1S/C40H23N3OS/c1-2-11-24(12-3-1)35-39-36(31-17-6-9-20-34(31)45-39)42-40(41-35)25-13-10-14-26(23-25)43-32-18-7-4-15-27(32)29-21-22-30-28-16-5-8-19-33(28)44-38(30)37(29)43/h1-23H. The van der Waals surface area contributed by atoms with Crippen molar-refractivity contribution < 1.29 is 4.42 Å². The number of aromatic nitrogens is 3. The molecule has 4 nitrogen and oxygen atoms in total. The number of benzene rings is 6. The van der Waals surface area contributed by atoms with Gasteiger partial charge in [0.1, 0.15) is 5.58 Å². The number of nitrogens with zero attached hydrogens (tertiary/aromatic N) is 3. The minimum Gasteiger partial charge on any atom is -0.454 e. The van der Waals surface area contributed by atoms with E-state index in [0.717, 1.165) is 76.5 Å². The second-order valence-corrected chi connectivity index (χ2v) is 12.4. The molecule has 10 rings (SSSR count). The van der Waals surface area contributed by atoms with E-state index in [9.17, 15) is 0 Å². The lowest BCUT2D eigenvalue weighted by Crippen LogP contribution is -1.97. The molecule has 210 valence electrons. The second-order valence-electron chi connectivity index (χ2n) is 11.4. The third-order valence-electron chi connectivity index (χ3n) is 8.81. The fourth-order valence-electron chi connectivity index (χ4n) is 6.79. The van der Waals surface area contributed by atoms with Crippen LogP contribution in [0, 0.1) is 0 Å². The van der Waals surface area contributed by atoms with Crippen LogP contribution in [0.3, 0.4) is 0 Å². The van der Waals surface area contributed by atoms with Crippen LogP contribution in [0.1, 0.15) is 0 Å². The summed E-state index contributed by atoms with van der Waals surface area (Å²) in [6.45, 7) is 0. The number of thiophene rings is 1. The maximum absolute atomic E-state index is 6.57. The first-order valence-electron chi connectivity index (χ1n) is 15.0. The molecule has 4 aromatic heterocycles. The molecule has 0 aliphatic carbocycles. The summed E-state index contributed by atoms with van der Waals surface area (Å²) in [5.74, 6) is 0.710. The number of fused-ring (bicyclic) bond motifs is 10. The highest BCUT2D eigenvalue weighted by Crippen LogP contribution is 2.42. The third-order valence-corrected chi connectivity index (χ3v) is 9.98. The molecule has 10 aromatic rings. The van der Waals surface area contributed by atoms with E-state index in [1.165, 1.54) is 10.1 Å². The van der Waals surface area contributed by atoms with Gasteiger partial charge in [0.25, 0.3) is 0 Å². The van der Waals surface area contributed by atoms with Crippen molar-refractivity contribution >= 4 is 75.4 Å². The van der Waals surface area contributed by atoms with Crippen molar-refractivity contribution in [2.45, 2.75) is 0 Å². The molecule has 0 amide bonds. The quantitative estimate of drug-likeness (QED) is 0.205. The molecule has 6 aromatic carbocycles. The summed E-state index contributed by atoms with van der Waals surface area (Å²) >= 11 is 1.75. The largest absolute Gasteiger partial charge is 0.454 e. The predicted molar refractivity (Wildman–Crippen MR) is 187 cm³/mol. The fraction of sp³-hybridized carbons (Fsp3) is 0. The van der Waals surface area contributed by atoms with Crippen molar-refractivity contribution in [2.24, 2.45) is 0 Å². The molecular weight excluding hydrogens is 571 g/mol. The molecule has 0 radical (unpaired) electrons. The van der Waals surface area contributed by atoms with Crippen LogP contribution in [-0.4, -0.2) is 14.5 Å². The number of hydrogen-bond acceptors (Lipinski definition) is 4. The van der Waals surface area contributed by atoms with Gasteiger partial charge in [-0.25, -0.2) is 9.97 Å². The zero-order chi connectivity index (χ0) is 29.5. The van der Waals surface area contributed by atoms with E-state index in [1.54, 1.807) is 11.3 Å². The molecule has 0 atom stereocenters. The van der Waals surface area contributed by atoms with Gasteiger partial charge in [0.05, 0.1) is 26.9 Å². The monoisotopic (exact) mass is 593 g/mol. The number of furan rings is 1. The molecule has 4 heterocycles. The van der Waals surface area contributed by atoms with Crippen molar-refractivity contribution in [3.05, 3.63) is 140 Å². The molecule has 0 fully saturated rings. The van der Waals surface area contributed by atoms with Gasteiger partial charge in [-0.1, -0.05) is 103 Å². The molecule has 45 heavy (non-hydrogen) atoms. The van der Waals surface area contributed by atoms with E-state index in [1.807, 2.05) is 18.2 Å². The minimum absolute atomic E-state index is 0.710. The first kappa shape index (κ1) is 24.6. The van der Waals surface area contributed by atoms with E-state index in [-0.39, 0.29) is 0 Å². The summed E-state index contributed by atoms with van der Waals surface area (Å²) < 4.78 is 11.2. The lowest BCUT2D eigenvalue weighted by atomic mass is 10.1. The van der Waals surface area contributed by atoms with E-state index in [0.29, 0.717) is 5.82 Å². The van der Waals surface area contributed by atoms with E-state index in [2.05, 4.69) is 126 Å². The van der Waals surface area contributed by atoms with Gasteiger partial charge in [0, 0.05) is 48.4 Å². The Balaban J connectivity index is 1.26. The summed E-state index contributed by atoms with van der Waals surface area (Å²) in [4.78, 5) is 10.5. The zero-order valence-electron chi connectivity index (χ0n) is 23.9. The number of para-hydroxylation sites is 2. The van der Waals surface area contributed by atoms with Crippen molar-refractivity contribution in [3.63, 3.8) is 0 Å². The molecule has 0 saturated carbocycles. The Hall–Kier alpha value is -5.78. The highest BCUT2D eigenvalue weighted by Gasteiger charge is 2.20. The third kappa shape index (κ3) is 3.59.